The van der Waals surface area contributed by atoms with E-state index in [2.05, 4.69) is 0 Å². The molecule has 2 unspecified atom stereocenters. The molecule has 0 saturated carbocycles. The zero-order valence-corrected chi connectivity index (χ0v) is 25.1. The minimum atomic E-state index is -4.60. The van der Waals surface area contributed by atoms with Gasteiger partial charge in [0.25, 0.3) is 7.82 Å². The summed E-state index contributed by atoms with van der Waals surface area (Å²) in [7, 11) is -4.60. The van der Waals surface area contributed by atoms with Crippen LogP contribution in [0.1, 0.15) is 41.5 Å². The third-order valence-electron chi connectivity index (χ3n) is 4.56. The Morgan fingerprint density at radius 1 is 1.07 bits per heavy atom. The molecule has 0 aromatic heterocycles. The molecule has 0 aromatic rings. The Hall–Kier alpha value is 1.29. The Kier molecular flexibility index (Phi) is 14.5. The molecule has 2 heterocycles. The van der Waals surface area contributed by atoms with Gasteiger partial charge in [0.1, 0.15) is 12.2 Å². The molecular formula is C18H34NO8PW2-2. The van der Waals surface area contributed by atoms with Crippen LogP contribution in [-0.2, 0) is 74.7 Å². The molecule has 8 atom stereocenters. The number of ether oxygens (including phenoxy) is 4. The summed E-state index contributed by atoms with van der Waals surface area (Å²) in [6, 6.07) is -0.363. The Bertz CT molecular complexity index is 544. The van der Waals surface area contributed by atoms with Gasteiger partial charge in [0.2, 0.25) is 0 Å². The molecule has 2 N–H and O–H groups in total. The van der Waals surface area contributed by atoms with Crippen LogP contribution >= 0.6 is 7.82 Å². The van der Waals surface area contributed by atoms with E-state index in [0.717, 1.165) is 0 Å². The van der Waals surface area contributed by atoms with Crippen molar-refractivity contribution in [3.63, 3.8) is 0 Å². The van der Waals surface area contributed by atoms with E-state index in [4.69, 9.17) is 33.7 Å². The number of nitrogens with two attached hydrogens (primary N) is 1. The van der Waals surface area contributed by atoms with Crippen molar-refractivity contribution in [2.75, 3.05) is 13.2 Å². The molecule has 0 bridgehead atoms. The summed E-state index contributed by atoms with van der Waals surface area (Å²) in [4.78, 5) is 12.4. The first-order valence-electron chi connectivity index (χ1n) is 9.81. The molecule has 0 radical (unpaired) electrons. The van der Waals surface area contributed by atoms with Gasteiger partial charge < -0.3 is 38.6 Å². The second kappa shape index (κ2) is 13.9. The Morgan fingerprint density at radius 3 is 2.27 bits per heavy atom. The minimum Gasteiger partial charge on any atom is -0.756 e. The number of phosphoric ester groups is 1. The van der Waals surface area contributed by atoms with E-state index in [-0.39, 0.29) is 85.8 Å². The van der Waals surface area contributed by atoms with Gasteiger partial charge in [0.05, 0.1) is 43.7 Å². The van der Waals surface area contributed by atoms with E-state index in [1.165, 1.54) is 0 Å². The van der Waals surface area contributed by atoms with E-state index in [1.807, 2.05) is 41.5 Å². The fourth-order valence-electron chi connectivity index (χ4n) is 3.24. The first-order chi connectivity index (χ1) is 13.0. The maximum atomic E-state index is 12.4. The molecule has 30 heavy (non-hydrogen) atoms. The maximum Gasteiger partial charge on any atom is 0.265 e. The topological polar surface area (TPSA) is 122 Å². The molecule has 2 saturated heterocycles. The van der Waals surface area contributed by atoms with Gasteiger partial charge in [-0.3, -0.25) is 11.0 Å². The van der Waals surface area contributed by atoms with Gasteiger partial charge in [-0.2, -0.15) is 0 Å². The van der Waals surface area contributed by atoms with Crippen LogP contribution in [0.4, 0.5) is 0 Å². The first kappa shape index (κ1) is 31.3. The fraction of sp³-hybridized carbons (Fsp3) is 0.944. The molecule has 9 nitrogen and oxygen atoms in total. The molecule has 0 aliphatic carbocycles. The Balaban J connectivity index is 0.00000420. The summed E-state index contributed by atoms with van der Waals surface area (Å²) < 4.78 is 45.4. The van der Waals surface area contributed by atoms with E-state index in [1.54, 1.807) is 6.42 Å². The van der Waals surface area contributed by atoms with Crippen LogP contribution in [0, 0.1) is 6.42 Å². The van der Waals surface area contributed by atoms with Gasteiger partial charge in [0, 0.05) is 42.1 Å². The van der Waals surface area contributed by atoms with Crippen LogP contribution in [0.3, 0.4) is 0 Å². The normalized spacial score (nSPS) is 35.9. The Morgan fingerprint density at radius 2 is 1.70 bits per heavy atom. The molecule has 2 rings (SSSR count). The smallest absolute Gasteiger partial charge is 0.265 e. The second-order valence-electron chi connectivity index (χ2n) is 7.87. The summed E-state index contributed by atoms with van der Waals surface area (Å²) in [5, 5.41) is 0. The van der Waals surface area contributed by atoms with Crippen molar-refractivity contribution in [1.82, 2.24) is 0 Å². The van der Waals surface area contributed by atoms with Crippen molar-refractivity contribution >= 4 is 7.82 Å². The minimum absolute atomic E-state index is 0. The van der Waals surface area contributed by atoms with Crippen molar-refractivity contribution in [3.05, 3.63) is 6.42 Å². The van der Waals surface area contributed by atoms with Gasteiger partial charge in [-0.15, -0.1) is 0 Å². The van der Waals surface area contributed by atoms with Gasteiger partial charge in [-0.25, -0.2) is 0 Å². The predicted octanol–water partition coefficient (Wildman–Crippen LogP) is 1.18. The quantitative estimate of drug-likeness (QED) is 0.257. The average molecular weight is 791 g/mol. The zero-order valence-electron chi connectivity index (χ0n) is 18.3. The van der Waals surface area contributed by atoms with Gasteiger partial charge in [-0.1, -0.05) is 13.0 Å². The molecule has 178 valence electrons. The van der Waals surface area contributed by atoms with Crippen molar-refractivity contribution in [2.24, 2.45) is 5.73 Å². The number of hydrogen-bond donors (Lipinski definition) is 1. The number of hydrogen-bond acceptors (Lipinski definition) is 9. The maximum absolute atomic E-state index is 12.4. The van der Waals surface area contributed by atoms with E-state index in [9.17, 15) is 9.46 Å². The van der Waals surface area contributed by atoms with Crippen molar-refractivity contribution in [3.8, 4) is 0 Å². The van der Waals surface area contributed by atoms with Crippen LogP contribution < -0.4 is 10.6 Å². The summed E-state index contributed by atoms with van der Waals surface area (Å²) >= 11 is 0. The molecule has 0 amide bonds. The number of rotatable bonds is 10. The predicted molar refractivity (Wildman–Crippen MR) is 100 cm³/mol. The van der Waals surface area contributed by atoms with Crippen LogP contribution in [-0.4, -0.2) is 68.1 Å². The Labute approximate surface area is 208 Å². The van der Waals surface area contributed by atoms with Crippen LogP contribution in [0.15, 0.2) is 0 Å². The van der Waals surface area contributed by atoms with Gasteiger partial charge >= 0.3 is 0 Å². The molecular weight excluding hydrogens is 757 g/mol. The standard InChI is InChI=1S/C18H35NO8P.2W/c1-10(2)22-8-15-14(7-12(5)25-15)27-28(20,21)23-9-16-18(24-11(3)4)17(19)13(6)26-16;;/h7,10-18H,8-9,19H2,1-6H3,(H,20,21);;/q-1;;/p-1/t12-,13-,14+,15+,16+,17?,18-;;/m0../s1. The van der Waals surface area contributed by atoms with E-state index >= 15 is 0 Å². The summed E-state index contributed by atoms with van der Waals surface area (Å²) in [5.74, 6) is 0. The average Bonchev–Trinajstić information content (AvgIpc) is 3.04. The van der Waals surface area contributed by atoms with Crippen LogP contribution in [0.2, 0.25) is 0 Å². The summed E-state index contributed by atoms with van der Waals surface area (Å²) in [6.07, 6.45) is -1.25. The molecule has 12 heteroatoms. The fourth-order valence-corrected chi connectivity index (χ4v) is 4.14. The molecule has 0 spiro atoms. The summed E-state index contributed by atoms with van der Waals surface area (Å²) in [5.41, 5.74) is 6.10. The van der Waals surface area contributed by atoms with Crippen molar-refractivity contribution in [2.45, 2.75) is 96.4 Å². The van der Waals surface area contributed by atoms with Crippen molar-refractivity contribution < 1.29 is 79.6 Å². The van der Waals surface area contributed by atoms with E-state index < -0.39 is 32.2 Å². The molecule has 2 aliphatic rings. The first-order valence-corrected chi connectivity index (χ1v) is 11.3. The van der Waals surface area contributed by atoms with Crippen LogP contribution in [0.25, 0.3) is 0 Å². The third-order valence-corrected chi connectivity index (χ3v) is 5.53. The third kappa shape index (κ3) is 9.65. The SMILES string of the molecule is CC(C)OC[C@H]1O[C@@H](C)[CH-][C@H]1OP(=O)([O-])OC[C@H]1O[C@@H](C)C(N)[C@H]1OC(C)C.[W].[W]. The van der Waals surface area contributed by atoms with Crippen molar-refractivity contribution in [1.29, 1.82) is 0 Å². The largest absolute Gasteiger partial charge is 0.756 e. The number of phosphoric acid groups is 1. The molecule has 2 fully saturated rings. The molecule has 2 aliphatic heterocycles. The second-order valence-corrected chi connectivity index (χ2v) is 9.24. The summed E-state index contributed by atoms with van der Waals surface area (Å²) in [6.45, 7) is 11.2. The van der Waals surface area contributed by atoms with Crippen LogP contribution in [0.5, 0.6) is 0 Å². The van der Waals surface area contributed by atoms with Gasteiger partial charge in [0.15, 0.2) is 0 Å². The molecule has 0 aromatic carbocycles. The van der Waals surface area contributed by atoms with Gasteiger partial charge in [-0.05, 0) is 40.7 Å². The monoisotopic (exact) mass is 791 g/mol. The zero-order chi connectivity index (χ0) is 21.1. The van der Waals surface area contributed by atoms with E-state index in [0.29, 0.717) is 0 Å².